The van der Waals surface area contributed by atoms with E-state index in [2.05, 4.69) is 0 Å². The fourth-order valence-corrected chi connectivity index (χ4v) is 1.82. The lowest BCUT2D eigenvalue weighted by atomic mass is 10.1. The number of hydrogen-bond donors (Lipinski definition) is 4. The Hall–Kier alpha value is -0.160. The van der Waals surface area contributed by atoms with Crippen molar-refractivity contribution in [3.8, 4) is 0 Å². The maximum absolute atomic E-state index is 5.47. The van der Waals surface area contributed by atoms with E-state index in [1.54, 1.807) is 0 Å². The zero-order chi connectivity index (χ0) is 12.2. The van der Waals surface area contributed by atoms with Gasteiger partial charge in [0.25, 0.3) is 0 Å². The molecule has 0 aliphatic carbocycles. The lowest BCUT2D eigenvalue weighted by molar-refractivity contribution is 0.516. The molecule has 98 valence electrons. The van der Waals surface area contributed by atoms with Crippen molar-refractivity contribution in [3.63, 3.8) is 0 Å². The molecule has 0 atom stereocenters. The van der Waals surface area contributed by atoms with Gasteiger partial charge in [-0.25, -0.2) is 0 Å². The Morgan fingerprint density at radius 1 is 0.438 bits per heavy atom. The summed E-state index contributed by atoms with van der Waals surface area (Å²) in [6, 6.07) is 0. The molecule has 8 N–H and O–H groups in total. The highest BCUT2D eigenvalue weighted by Crippen LogP contribution is 2.10. The Balaban J connectivity index is 2.93. The van der Waals surface area contributed by atoms with Gasteiger partial charge in [-0.1, -0.05) is 51.4 Å². The topological polar surface area (TPSA) is 104 Å². The highest BCUT2D eigenvalue weighted by atomic mass is 14.8. The van der Waals surface area contributed by atoms with Crippen molar-refractivity contribution in [2.75, 3.05) is 0 Å². The van der Waals surface area contributed by atoms with Crippen LogP contribution in [0.5, 0.6) is 0 Å². The normalized spacial score (nSPS) is 11.6. The maximum Gasteiger partial charge on any atom is 0.0520 e. The molecule has 4 nitrogen and oxygen atoms in total. The van der Waals surface area contributed by atoms with Crippen molar-refractivity contribution < 1.29 is 0 Å². The molecule has 0 radical (unpaired) electrons. The van der Waals surface area contributed by atoms with Crippen LogP contribution in [0.1, 0.15) is 64.2 Å². The predicted octanol–water partition coefficient (Wildman–Crippen LogP) is 1.37. The molecule has 0 fully saturated rings. The van der Waals surface area contributed by atoms with Crippen LogP contribution in [0, 0.1) is 0 Å². The zero-order valence-corrected chi connectivity index (χ0v) is 10.5. The largest absolute Gasteiger partial charge is 0.316 e. The van der Waals surface area contributed by atoms with Gasteiger partial charge in [0.1, 0.15) is 0 Å². The number of hydrogen-bond acceptors (Lipinski definition) is 4. The summed E-state index contributed by atoms with van der Waals surface area (Å²) in [6.07, 6.45) is 11.8. The van der Waals surface area contributed by atoms with Crippen LogP contribution in [0.4, 0.5) is 0 Å². The van der Waals surface area contributed by atoms with Crippen molar-refractivity contribution in [1.29, 1.82) is 0 Å². The number of nitrogens with two attached hydrogens (primary N) is 4. The second-order valence-corrected chi connectivity index (χ2v) is 4.73. The molecule has 0 amide bonds. The van der Waals surface area contributed by atoms with Crippen molar-refractivity contribution in [1.82, 2.24) is 0 Å². The van der Waals surface area contributed by atoms with E-state index < -0.39 is 0 Å². The maximum atomic E-state index is 5.47. The van der Waals surface area contributed by atoms with Gasteiger partial charge >= 0.3 is 0 Å². The molecule has 0 aromatic rings. The second kappa shape index (κ2) is 11.3. The first-order valence-electron chi connectivity index (χ1n) is 6.65. The van der Waals surface area contributed by atoms with Crippen LogP contribution in [0.2, 0.25) is 0 Å². The van der Waals surface area contributed by atoms with Gasteiger partial charge < -0.3 is 22.9 Å². The third-order valence-corrected chi connectivity index (χ3v) is 2.82. The Labute approximate surface area is 100 Å². The van der Waals surface area contributed by atoms with Gasteiger partial charge in [0, 0.05) is 0 Å². The molecule has 4 heteroatoms. The molecule has 16 heavy (non-hydrogen) atoms. The van der Waals surface area contributed by atoms with E-state index in [0.717, 1.165) is 12.8 Å². The standard InChI is InChI=1S/C12H30N4/c13-11(14)9-7-5-3-1-2-4-6-8-10-12(15)16/h11-12H,1-10,13-16H2. The fraction of sp³-hybridized carbons (Fsp3) is 1.00. The Morgan fingerprint density at radius 3 is 0.938 bits per heavy atom. The summed E-state index contributed by atoms with van der Waals surface area (Å²) >= 11 is 0. The first kappa shape index (κ1) is 15.8. The summed E-state index contributed by atoms with van der Waals surface area (Å²) < 4.78 is 0. The van der Waals surface area contributed by atoms with E-state index in [1.807, 2.05) is 0 Å². The summed E-state index contributed by atoms with van der Waals surface area (Å²) in [5.74, 6) is 0. The van der Waals surface area contributed by atoms with Crippen molar-refractivity contribution >= 4 is 0 Å². The second-order valence-electron chi connectivity index (χ2n) is 4.73. The SMILES string of the molecule is NC(N)CCCCCCCCCCC(N)N. The van der Waals surface area contributed by atoms with Crippen LogP contribution in [-0.4, -0.2) is 12.3 Å². The van der Waals surface area contributed by atoms with E-state index in [9.17, 15) is 0 Å². The lowest BCUT2D eigenvalue weighted by Crippen LogP contribution is -2.29. The molecular weight excluding hydrogens is 200 g/mol. The zero-order valence-electron chi connectivity index (χ0n) is 10.5. The molecule has 0 spiro atoms. The van der Waals surface area contributed by atoms with E-state index in [1.165, 1.54) is 51.4 Å². The number of rotatable bonds is 11. The van der Waals surface area contributed by atoms with Crippen molar-refractivity contribution in [2.24, 2.45) is 22.9 Å². The molecule has 0 aliphatic heterocycles. The van der Waals surface area contributed by atoms with Crippen LogP contribution >= 0.6 is 0 Å². The minimum atomic E-state index is -0.125. The minimum absolute atomic E-state index is 0.125. The molecule has 0 saturated carbocycles. The summed E-state index contributed by atoms with van der Waals surface area (Å²) in [7, 11) is 0. The number of unbranched alkanes of at least 4 members (excludes halogenated alkanes) is 7. The molecule has 0 unspecified atom stereocenters. The predicted molar refractivity (Wildman–Crippen MR) is 70.5 cm³/mol. The highest BCUT2D eigenvalue weighted by molar-refractivity contribution is 4.54. The lowest BCUT2D eigenvalue weighted by Gasteiger charge is -2.05. The molecule has 0 aromatic heterocycles. The van der Waals surface area contributed by atoms with Gasteiger partial charge in [-0.15, -0.1) is 0 Å². The van der Waals surface area contributed by atoms with Crippen LogP contribution in [0.15, 0.2) is 0 Å². The summed E-state index contributed by atoms with van der Waals surface area (Å²) in [5.41, 5.74) is 21.9. The van der Waals surface area contributed by atoms with Gasteiger partial charge in [0.05, 0.1) is 12.3 Å². The van der Waals surface area contributed by atoms with Gasteiger partial charge in [0.2, 0.25) is 0 Å². The van der Waals surface area contributed by atoms with E-state index >= 15 is 0 Å². The fourth-order valence-electron chi connectivity index (χ4n) is 1.82. The molecule has 0 bridgehead atoms. The third-order valence-electron chi connectivity index (χ3n) is 2.82. The molecule has 0 saturated heterocycles. The van der Waals surface area contributed by atoms with Crippen LogP contribution in [0.3, 0.4) is 0 Å². The molecule has 0 aromatic carbocycles. The molecule has 0 rings (SSSR count). The van der Waals surface area contributed by atoms with Crippen molar-refractivity contribution in [2.45, 2.75) is 76.5 Å². The first-order chi connectivity index (χ1) is 7.63. The Bertz CT molecular complexity index is 121. The first-order valence-corrected chi connectivity index (χ1v) is 6.65. The summed E-state index contributed by atoms with van der Waals surface area (Å²) in [5, 5.41) is 0. The molecule has 0 aliphatic rings. The third kappa shape index (κ3) is 13.8. The monoisotopic (exact) mass is 230 g/mol. The summed E-state index contributed by atoms with van der Waals surface area (Å²) in [4.78, 5) is 0. The van der Waals surface area contributed by atoms with Crippen LogP contribution < -0.4 is 22.9 Å². The van der Waals surface area contributed by atoms with E-state index in [-0.39, 0.29) is 12.3 Å². The van der Waals surface area contributed by atoms with Crippen molar-refractivity contribution in [3.05, 3.63) is 0 Å². The average molecular weight is 230 g/mol. The van der Waals surface area contributed by atoms with Gasteiger partial charge in [-0.05, 0) is 12.8 Å². The van der Waals surface area contributed by atoms with Gasteiger partial charge in [-0.3, -0.25) is 0 Å². The van der Waals surface area contributed by atoms with E-state index in [0.29, 0.717) is 0 Å². The average Bonchev–Trinajstić information content (AvgIpc) is 2.20. The van der Waals surface area contributed by atoms with E-state index in [4.69, 9.17) is 22.9 Å². The Morgan fingerprint density at radius 2 is 0.688 bits per heavy atom. The van der Waals surface area contributed by atoms with Crippen LogP contribution in [-0.2, 0) is 0 Å². The Kier molecular flexibility index (Phi) is 11.2. The van der Waals surface area contributed by atoms with Crippen LogP contribution in [0.25, 0.3) is 0 Å². The quantitative estimate of drug-likeness (QED) is 0.318. The highest BCUT2D eigenvalue weighted by Gasteiger charge is 1.96. The van der Waals surface area contributed by atoms with Gasteiger partial charge in [-0.2, -0.15) is 0 Å². The van der Waals surface area contributed by atoms with Gasteiger partial charge in [0.15, 0.2) is 0 Å². The summed E-state index contributed by atoms with van der Waals surface area (Å²) in [6.45, 7) is 0. The molecular formula is C12H30N4. The minimum Gasteiger partial charge on any atom is -0.316 e. The smallest absolute Gasteiger partial charge is 0.0520 e. The molecule has 0 heterocycles.